The quantitative estimate of drug-likeness (QED) is 0.506. The number of hydroxylamine groups is 2. The summed E-state index contributed by atoms with van der Waals surface area (Å²) >= 11 is 1.41. The van der Waals surface area contributed by atoms with Crippen molar-refractivity contribution in [1.29, 1.82) is 0 Å². The van der Waals surface area contributed by atoms with Crippen LogP contribution in [0.5, 0.6) is 0 Å². The molecule has 2 aromatic carbocycles. The molecule has 1 N–H and O–H groups in total. The summed E-state index contributed by atoms with van der Waals surface area (Å²) in [7, 11) is 0. The maximum absolute atomic E-state index is 12.8. The van der Waals surface area contributed by atoms with Crippen molar-refractivity contribution in [1.82, 2.24) is 10.4 Å². The third-order valence-electron chi connectivity index (χ3n) is 6.09. The molecule has 0 spiro atoms. The molecule has 9 heteroatoms. The largest absolute Gasteiger partial charge is 0.449 e. The van der Waals surface area contributed by atoms with E-state index in [2.05, 4.69) is 5.32 Å². The third-order valence-corrected chi connectivity index (χ3v) is 6.99. The summed E-state index contributed by atoms with van der Waals surface area (Å²) in [6.45, 7) is 0.0870. The summed E-state index contributed by atoms with van der Waals surface area (Å²) in [5, 5.41) is 4.87. The van der Waals surface area contributed by atoms with Crippen LogP contribution in [0.15, 0.2) is 66.0 Å². The fourth-order valence-corrected chi connectivity index (χ4v) is 5.17. The van der Waals surface area contributed by atoms with Gasteiger partial charge in [-0.2, -0.15) is 0 Å². The van der Waals surface area contributed by atoms with Crippen molar-refractivity contribution in [3.63, 3.8) is 0 Å². The van der Waals surface area contributed by atoms with Crippen molar-refractivity contribution in [3.05, 3.63) is 82.0 Å². The van der Waals surface area contributed by atoms with Crippen molar-refractivity contribution in [2.24, 2.45) is 0 Å². The molecular weight excluding hydrogens is 468 g/mol. The van der Waals surface area contributed by atoms with E-state index < -0.39 is 29.9 Å². The van der Waals surface area contributed by atoms with E-state index in [4.69, 9.17) is 9.57 Å². The van der Waals surface area contributed by atoms with Gasteiger partial charge in [0.1, 0.15) is 12.6 Å². The molecule has 1 aromatic heterocycles. The second-order valence-corrected chi connectivity index (χ2v) is 9.33. The first-order chi connectivity index (χ1) is 17.0. The molecule has 1 atom stereocenters. The van der Waals surface area contributed by atoms with Crippen LogP contribution in [0.4, 0.5) is 4.79 Å². The van der Waals surface area contributed by atoms with Gasteiger partial charge in [-0.15, -0.1) is 16.4 Å². The van der Waals surface area contributed by atoms with E-state index in [1.165, 1.54) is 11.3 Å². The molecule has 8 nitrogen and oxygen atoms in total. The van der Waals surface area contributed by atoms with Crippen LogP contribution in [0.25, 0.3) is 11.1 Å². The Morgan fingerprint density at radius 1 is 0.943 bits per heavy atom. The number of hydrogen-bond donors (Lipinski definition) is 1. The Morgan fingerprint density at radius 3 is 2.17 bits per heavy atom. The summed E-state index contributed by atoms with van der Waals surface area (Å²) in [6.07, 6.45) is -0.677. The zero-order chi connectivity index (χ0) is 24.4. The first-order valence-corrected chi connectivity index (χ1v) is 12.1. The predicted octanol–water partition coefficient (Wildman–Crippen LogP) is 3.81. The Hall–Kier alpha value is -3.98. The first-order valence-electron chi connectivity index (χ1n) is 11.2. The summed E-state index contributed by atoms with van der Waals surface area (Å²) in [5.74, 6) is -2.20. The lowest BCUT2D eigenvalue weighted by molar-refractivity contribution is -0.198. The number of thiophene rings is 1. The molecule has 2 heterocycles. The topological polar surface area (TPSA) is 102 Å². The Labute approximate surface area is 205 Å². The zero-order valence-corrected chi connectivity index (χ0v) is 19.5. The number of alkyl carbamates (subject to hydrolysis) is 1. The Balaban J connectivity index is 1.27. The molecule has 1 aliphatic carbocycles. The molecule has 5 rings (SSSR count). The molecule has 0 saturated carbocycles. The van der Waals surface area contributed by atoms with Crippen LogP contribution in [-0.2, 0) is 30.4 Å². The molecular formula is C26H22N2O6S. The average Bonchev–Trinajstić information content (AvgIpc) is 3.57. The van der Waals surface area contributed by atoms with Crippen LogP contribution in [0.1, 0.15) is 34.8 Å². The molecule has 3 amide bonds. The molecule has 1 fully saturated rings. The molecule has 1 saturated heterocycles. The molecule has 178 valence electrons. The van der Waals surface area contributed by atoms with Crippen LogP contribution in [0, 0.1) is 0 Å². The van der Waals surface area contributed by atoms with Gasteiger partial charge >= 0.3 is 12.1 Å². The number of benzene rings is 2. The minimum atomic E-state index is -1.13. The number of ether oxygens (including phenoxy) is 1. The predicted molar refractivity (Wildman–Crippen MR) is 127 cm³/mol. The Kier molecular flexibility index (Phi) is 6.33. The lowest BCUT2D eigenvalue weighted by Gasteiger charge is -2.20. The maximum atomic E-state index is 12.8. The van der Waals surface area contributed by atoms with Crippen LogP contribution < -0.4 is 5.32 Å². The molecule has 35 heavy (non-hydrogen) atoms. The van der Waals surface area contributed by atoms with Gasteiger partial charge in [-0.05, 0) is 33.7 Å². The first kappa shape index (κ1) is 22.8. The van der Waals surface area contributed by atoms with E-state index in [0.29, 0.717) is 5.06 Å². The number of carbonyl (C=O) groups excluding carboxylic acids is 4. The van der Waals surface area contributed by atoms with E-state index in [9.17, 15) is 19.2 Å². The van der Waals surface area contributed by atoms with Crippen molar-refractivity contribution >= 4 is 35.2 Å². The molecule has 3 aromatic rings. The minimum Gasteiger partial charge on any atom is -0.449 e. The summed E-state index contributed by atoms with van der Waals surface area (Å²) in [4.78, 5) is 55.1. The van der Waals surface area contributed by atoms with Crippen molar-refractivity contribution in [3.8, 4) is 11.1 Å². The molecule has 0 radical (unpaired) electrons. The van der Waals surface area contributed by atoms with Crippen LogP contribution >= 0.6 is 11.3 Å². The average molecular weight is 491 g/mol. The molecule has 1 unspecified atom stereocenters. The van der Waals surface area contributed by atoms with Gasteiger partial charge in [-0.3, -0.25) is 9.59 Å². The minimum absolute atomic E-state index is 0.0124. The van der Waals surface area contributed by atoms with Gasteiger partial charge in [0.2, 0.25) is 0 Å². The number of fused-ring (bicyclic) bond motifs is 3. The monoisotopic (exact) mass is 490 g/mol. The second kappa shape index (κ2) is 9.71. The van der Waals surface area contributed by atoms with E-state index in [1.807, 2.05) is 66.0 Å². The highest BCUT2D eigenvalue weighted by atomic mass is 32.1. The summed E-state index contributed by atoms with van der Waals surface area (Å²) in [5.41, 5.74) is 4.36. The third kappa shape index (κ3) is 4.67. The van der Waals surface area contributed by atoms with Crippen LogP contribution in [0.2, 0.25) is 0 Å². The van der Waals surface area contributed by atoms with Crippen LogP contribution in [-0.4, -0.2) is 41.6 Å². The SMILES string of the molecule is O=C(NC(Cc1cccs1)C(=O)ON1C(=O)CCC1=O)OCC1c2ccccc2-c2ccccc21. The normalized spacial score (nSPS) is 15.5. The number of nitrogens with zero attached hydrogens (tertiary/aromatic N) is 1. The molecule has 1 aliphatic heterocycles. The smallest absolute Gasteiger partial charge is 0.407 e. The van der Waals surface area contributed by atoms with Gasteiger partial charge in [-0.25, -0.2) is 9.59 Å². The van der Waals surface area contributed by atoms with E-state index >= 15 is 0 Å². The second-order valence-electron chi connectivity index (χ2n) is 8.30. The lowest BCUT2D eigenvalue weighted by atomic mass is 9.98. The maximum Gasteiger partial charge on any atom is 0.407 e. The van der Waals surface area contributed by atoms with E-state index in [1.54, 1.807) is 0 Å². The Bertz CT molecular complexity index is 1230. The fourth-order valence-electron chi connectivity index (χ4n) is 4.42. The Morgan fingerprint density at radius 2 is 1.57 bits per heavy atom. The van der Waals surface area contributed by atoms with Gasteiger partial charge < -0.3 is 14.9 Å². The number of rotatable bonds is 7. The van der Waals surface area contributed by atoms with Crippen molar-refractivity contribution in [2.45, 2.75) is 31.2 Å². The lowest BCUT2D eigenvalue weighted by Crippen LogP contribution is -2.46. The van der Waals surface area contributed by atoms with E-state index in [-0.39, 0.29) is 31.8 Å². The van der Waals surface area contributed by atoms with Gasteiger partial charge in [-0.1, -0.05) is 54.6 Å². The number of amides is 3. The van der Waals surface area contributed by atoms with Crippen LogP contribution in [0.3, 0.4) is 0 Å². The van der Waals surface area contributed by atoms with Gasteiger partial charge in [0.15, 0.2) is 0 Å². The van der Waals surface area contributed by atoms with Crippen molar-refractivity contribution < 1.29 is 28.8 Å². The zero-order valence-electron chi connectivity index (χ0n) is 18.6. The standard InChI is InChI=1S/C26H22N2O6S/c29-23-11-12-24(30)28(23)34-25(31)22(14-16-6-5-13-35-16)27-26(32)33-15-21-19-9-3-1-7-17(19)18-8-2-4-10-20(18)21/h1-10,13,21-22H,11-12,14-15H2,(H,27,32). The molecule has 2 aliphatic rings. The van der Waals surface area contributed by atoms with Gasteiger partial charge in [0, 0.05) is 30.1 Å². The highest BCUT2D eigenvalue weighted by Crippen LogP contribution is 2.44. The summed E-state index contributed by atoms with van der Waals surface area (Å²) in [6, 6.07) is 18.5. The molecule has 0 bridgehead atoms. The highest BCUT2D eigenvalue weighted by molar-refractivity contribution is 7.09. The number of carbonyl (C=O) groups is 4. The van der Waals surface area contributed by atoms with Gasteiger partial charge in [0.25, 0.3) is 11.8 Å². The highest BCUT2D eigenvalue weighted by Gasteiger charge is 2.36. The number of hydrogen-bond acceptors (Lipinski definition) is 7. The number of imide groups is 1. The summed E-state index contributed by atoms with van der Waals surface area (Å²) < 4.78 is 5.55. The van der Waals surface area contributed by atoms with Crippen molar-refractivity contribution in [2.75, 3.05) is 6.61 Å². The fraction of sp³-hybridized carbons (Fsp3) is 0.231. The van der Waals surface area contributed by atoms with Gasteiger partial charge in [0.05, 0.1) is 0 Å². The number of nitrogens with one attached hydrogen (secondary N) is 1. The van der Waals surface area contributed by atoms with E-state index in [0.717, 1.165) is 27.1 Å².